The van der Waals surface area contributed by atoms with Crippen molar-refractivity contribution < 1.29 is 40.7 Å². The average molecular weight is 508 g/mol. The van der Waals surface area contributed by atoms with Crippen LogP contribution in [-0.4, -0.2) is 35.2 Å². The number of carbonyl (C=O) groups is 2. The number of alkyl halides is 6. The van der Waals surface area contributed by atoms with Gasteiger partial charge in [0.25, 0.3) is 5.91 Å². The van der Waals surface area contributed by atoms with Gasteiger partial charge in [-0.25, -0.2) is 11.4 Å². The molecule has 0 heterocycles. The number of nitrogens with zero attached hydrogens (tertiary/aromatic N) is 1. The predicted molar refractivity (Wildman–Crippen MR) is 109 cm³/mol. The third kappa shape index (κ3) is 8.89. The van der Waals surface area contributed by atoms with Gasteiger partial charge in [-0.2, -0.15) is 26.3 Å². The maximum Gasteiger partial charge on any atom is 0.446 e. The van der Waals surface area contributed by atoms with Crippen molar-refractivity contribution in [1.29, 1.82) is 0 Å². The van der Waals surface area contributed by atoms with Gasteiger partial charge in [-0.1, -0.05) is 0 Å². The van der Waals surface area contributed by atoms with E-state index in [4.69, 9.17) is 11.3 Å². The molecular weight excluding hydrogens is 494 g/mol. The maximum atomic E-state index is 12.4. The van der Waals surface area contributed by atoms with Gasteiger partial charge < -0.3 is 4.74 Å². The zero-order valence-corrected chi connectivity index (χ0v) is 18.2. The predicted octanol–water partition coefficient (Wildman–Crippen LogP) is 6.13. The van der Waals surface area contributed by atoms with Crippen molar-refractivity contribution in [2.24, 2.45) is 0 Å². The summed E-state index contributed by atoms with van der Waals surface area (Å²) in [5.74, 6) is -1.70. The molecule has 5 nitrogen and oxygen atoms in total. The van der Waals surface area contributed by atoms with Crippen molar-refractivity contribution in [2.75, 3.05) is 6.61 Å². The molecule has 1 amide bonds. The molecule has 0 aliphatic carbocycles. The lowest BCUT2D eigenvalue weighted by molar-refractivity contribution is -0.0337. The van der Waals surface area contributed by atoms with Crippen LogP contribution in [0, 0.1) is 6.57 Å². The van der Waals surface area contributed by atoms with Crippen LogP contribution in [0.3, 0.4) is 0 Å². The van der Waals surface area contributed by atoms with E-state index >= 15 is 0 Å². The summed E-state index contributed by atoms with van der Waals surface area (Å²) < 4.78 is 79.3. The number of amides is 1. The van der Waals surface area contributed by atoms with E-state index in [-0.39, 0.29) is 44.4 Å². The summed E-state index contributed by atoms with van der Waals surface area (Å²) in [5.41, 5.74) is -10.7. The number of nitrogens with one attached hydrogen (secondary N) is 1. The first-order chi connectivity index (χ1) is 15.2. The maximum absolute atomic E-state index is 12.4. The monoisotopic (exact) mass is 508 g/mol. The molecule has 1 atom stereocenters. The molecule has 0 saturated carbocycles. The van der Waals surface area contributed by atoms with E-state index in [2.05, 4.69) is 10.2 Å². The topological polar surface area (TPSA) is 59.8 Å². The molecule has 2 rings (SSSR count). The van der Waals surface area contributed by atoms with Gasteiger partial charge in [-0.3, -0.25) is 15.0 Å². The zero-order valence-electron chi connectivity index (χ0n) is 16.6. The summed E-state index contributed by atoms with van der Waals surface area (Å²) in [6, 6.07) is 8.94. The third-order valence-electron chi connectivity index (χ3n) is 3.79. The van der Waals surface area contributed by atoms with E-state index in [1.165, 1.54) is 6.92 Å². The minimum Gasteiger partial charge on any atom is -0.451 e. The number of ether oxygens (including phenoxy) is 1. The Balaban J connectivity index is 1.97. The van der Waals surface area contributed by atoms with E-state index in [1.54, 1.807) is 0 Å². The van der Waals surface area contributed by atoms with Gasteiger partial charge >= 0.3 is 22.6 Å². The van der Waals surface area contributed by atoms with Crippen LogP contribution in [0.1, 0.15) is 27.6 Å². The molecule has 176 valence electrons. The Labute approximate surface area is 192 Å². The van der Waals surface area contributed by atoms with Crippen LogP contribution < -0.4 is 5.32 Å². The molecule has 0 radical (unpaired) electrons. The highest BCUT2D eigenvalue weighted by Gasteiger charge is 2.35. The highest BCUT2D eigenvalue weighted by atomic mass is 32.2. The molecule has 0 spiro atoms. The summed E-state index contributed by atoms with van der Waals surface area (Å²) >= 11 is -0.689. The number of benzene rings is 2. The number of thioether (sulfide) groups is 2. The lowest BCUT2D eigenvalue weighted by atomic mass is 10.1. The van der Waals surface area contributed by atoms with Gasteiger partial charge in [-0.05, 0) is 72.1 Å². The van der Waals surface area contributed by atoms with Crippen LogP contribution in [0.25, 0.3) is 4.85 Å². The van der Waals surface area contributed by atoms with Crippen molar-refractivity contribution >= 4 is 35.4 Å². The number of hydrogen-bond donors (Lipinski definition) is 1. The number of rotatable bonds is 7. The summed E-state index contributed by atoms with van der Waals surface area (Å²) in [5, 5.41) is 2.34. The summed E-state index contributed by atoms with van der Waals surface area (Å²) in [6.07, 6.45) is 0. The van der Waals surface area contributed by atoms with E-state index in [9.17, 15) is 35.9 Å². The lowest BCUT2D eigenvalue weighted by Crippen LogP contribution is -2.47. The molecule has 0 fully saturated rings. The smallest absolute Gasteiger partial charge is 0.446 e. The van der Waals surface area contributed by atoms with Gasteiger partial charge in [0, 0.05) is 22.3 Å². The number of hydrogen-bond acceptors (Lipinski definition) is 5. The highest BCUT2D eigenvalue weighted by molar-refractivity contribution is 8.00. The number of esters is 1. The third-order valence-corrected chi connectivity index (χ3v) is 5.27. The summed E-state index contributed by atoms with van der Waals surface area (Å²) in [4.78, 5) is 27.5. The first kappa shape index (κ1) is 26.4. The largest absolute Gasteiger partial charge is 0.451 e. The molecule has 13 heteroatoms. The Hall–Kier alpha value is -2.85. The van der Waals surface area contributed by atoms with E-state index < -0.39 is 35.2 Å². The van der Waals surface area contributed by atoms with Crippen molar-refractivity contribution in [3.05, 3.63) is 71.1 Å². The second kappa shape index (κ2) is 10.4. The van der Waals surface area contributed by atoms with Crippen LogP contribution in [0.4, 0.5) is 26.3 Å². The molecular formula is C20H14F6N2O3S2. The second-order valence-electron chi connectivity index (χ2n) is 6.56. The molecule has 2 aromatic rings. The highest BCUT2D eigenvalue weighted by Crippen LogP contribution is 2.37. The zero-order chi connectivity index (χ0) is 24.9. The Morgan fingerprint density at radius 1 is 0.879 bits per heavy atom. The van der Waals surface area contributed by atoms with Crippen molar-refractivity contribution in [3.63, 3.8) is 0 Å². The number of carbonyl (C=O) groups excluding carboxylic acids is 2. The van der Waals surface area contributed by atoms with E-state index in [0.29, 0.717) is 0 Å². The second-order valence-corrected chi connectivity index (χ2v) is 8.84. The quantitative estimate of drug-likeness (QED) is 0.211. The van der Waals surface area contributed by atoms with Crippen LogP contribution in [0.15, 0.2) is 58.3 Å². The van der Waals surface area contributed by atoms with Crippen LogP contribution in [0.5, 0.6) is 0 Å². The first-order valence-corrected chi connectivity index (χ1v) is 10.4. The van der Waals surface area contributed by atoms with Crippen molar-refractivity contribution in [3.8, 4) is 0 Å². The molecule has 0 bridgehead atoms. The Kier molecular flexibility index (Phi) is 8.31. The van der Waals surface area contributed by atoms with Crippen LogP contribution >= 0.6 is 23.5 Å². The number of halogens is 6. The standard InChI is InChI=1S/C20H14F6N2O3S2/c1-18(27-2,28-16(29)12-3-7-14(8-4-12)32-19(21,22)23)11-31-17(30)13-5-9-15(10-6-13)33-20(24,25)26/h3-10H,11H2,1H3,(H,28,29). The fraction of sp³-hybridized carbons (Fsp3) is 0.250. The molecule has 0 saturated heterocycles. The SMILES string of the molecule is [C-]#[N+]C(C)(COC(=O)c1ccc(SC(F)(F)F)cc1)NC(=O)c1ccc(SC(F)(F)F)cc1. The fourth-order valence-corrected chi connectivity index (χ4v) is 3.38. The van der Waals surface area contributed by atoms with Gasteiger partial charge in [0.1, 0.15) is 0 Å². The van der Waals surface area contributed by atoms with E-state index in [1.807, 2.05) is 0 Å². The molecule has 33 heavy (non-hydrogen) atoms. The fourth-order valence-electron chi connectivity index (χ4n) is 2.30. The van der Waals surface area contributed by atoms with Crippen LogP contribution in [-0.2, 0) is 4.74 Å². The minimum absolute atomic E-state index is 0.0134. The Bertz CT molecular complexity index is 1030. The van der Waals surface area contributed by atoms with Gasteiger partial charge in [-0.15, -0.1) is 0 Å². The van der Waals surface area contributed by atoms with Crippen molar-refractivity contribution in [1.82, 2.24) is 5.32 Å². The van der Waals surface area contributed by atoms with Crippen LogP contribution in [0.2, 0.25) is 0 Å². The first-order valence-electron chi connectivity index (χ1n) is 8.79. The molecule has 2 aromatic carbocycles. The molecule has 1 unspecified atom stereocenters. The summed E-state index contributed by atoms with van der Waals surface area (Å²) in [7, 11) is 0. The van der Waals surface area contributed by atoms with E-state index in [0.717, 1.165) is 48.5 Å². The van der Waals surface area contributed by atoms with Gasteiger partial charge in [0.15, 0.2) is 6.61 Å². The van der Waals surface area contributed by atoms with Gasteiger partial charge in [0.2, 0.25) is 0 Å². The molecule has 0 aromatic heterocycles. The Morgan fingerprint density at radius 3 is 1.70 bits per heavy atom. The van der Waals surface area contributed by atoms with Crippen molar-refractivity contribution in [2.45, 2.75) is 33.4 Å². The average Bonchev–Trinajstić information content (AvgIpc) is 2.71. The molecule has 0 aliphatic heterocycles. The lowest BCUT2D eigenvalue weighted by Gasteiger charge is -2.19. The normalized spacial score (nSPS) is 13.5. The molecule has 0 aliphatic rings. The Morgan fingerprint density at radius 2 is 1.30 bits per heavy atom. The minimum atomic E-state index is -4.48. The van der Waals surface area contributed by atoms with Gasteiger partial charge in [0.05, 0.1) is 5.56 Å². The summed E-state index contributed by atoms with van der Waals surface area (Å²) in [6.45, 7) is 7.97. The molecule has 1 N–H and O–H groups in total.